The number of aromatic nitrogens is 1. The lowest BCUT2D eigenvalue weighted by Gasteiger charge is -2.00. The number of thiazole rings is 1. The summed E-state index contributed by atoms with van der Waals surface area (Å²) in [6.45, 7) is 1.73. The Morgan fingerprint density at radius 3 is 2.89 bits per heavy atom. The molecule has 1 aromatic carbocycles. The topological polar surface area (TPSA) is 94.4 Å². The van der Waals surface area contributed by atoms with E-state index in [0.29, 0.717) is 27.5 Å². The van der Waals surface area contributed by atoms with E-state index in [1.165, 1.54) is 30.6 Å². The molecule has 0 atom stereocenters. The number of ether oxygens (including phenoxy) is 1. The van der Waals surface area contributed by atoms with Crippen LogP contribution in [0.1, 0.15) is 13.3 Å². The first-order chi connectivity index (χ1) is 9.05. The highest BCUT2D eigenvalue weighted by Crippen LogP contribution is 2.36. The number of nitro benzene ring substituents is 1. The number of benzene rings is 1. The molecule has 0 aliphatic rings. The third-order valence-corrected chi connectivity index (χ3v) is 3.36. The molecule has 1 amide bonds. The van der Waals surface area contributed by atoms with Crippen molar-refractivity contribution < 1.29 is 14.5 Å². The molecule has 19 heavy (non-hydrogen) atoms. The molecule has 2 aromatic rings. The summed E-state index contributed by atoms with van der Waals surface area (Å²) in [5, 5.41) is 13.8. The molecule has 0 saturated heterocycles. The number of carbonyl (C=O) groups excluding carboxylic acids is 1. The highest BCUT2D eigenvalue weighted by molar-refractivity contribution is 7.22. The van der Waals surface area contributed by atoms with Crippen molar-refractivity contribution in [3.8, 4) is 5.75 Å². The van der Waals surface area contributed by atoms with E-state index >= 15 is 0 Å². The van der Waals surface area contributed by atoms with Crippen molar-refractivity contribution in [2.75, 3.05) is 12.4 Å². The van der Waals surface area contributed by atoms with Crippen molar-refractivity contribution in [3.63, 3.8) is 0 Å². The van der Waals surface area contributed by atoms with Crippen molar-refractivity contribution in [1.82, 2.24) is 4.98 Å². The Balaban J connectivity index is 2.51. The number of fused-ring (bicyclic) bond motifs is 1. The molecule has 0 radical (unpaired) electrons. The lowest BCUT2D eigenvalue weighted by Crippen LogP contribution is -2.08. The first kappa shape index (κ1) is 13.2. The van der Waals surface area contributed by atoms with Gasteiger partial charge in [-0.05, 0) is 0 Å². The van der Waals surface area contributed by atoms with Crippen LogP contribution in [0.15, 0.2) is 12.1 Å². The molecule has 0 saturated carbocycles. The average molecular weight is 281 g/mol. The van der Waals surface area contributed by atoms with Gasteiger partial charge in [-0.15, -0.1) is 0 Å². The molecule has 0 bridgehead atoms. The number of nitrogens with zero attached hydrogens (tertiary/aromatic N) is 2. The van der Waals surface area contributed by atoms with Crippen LogP contribution in [-0.2, 0) is 4.79 Å². The number of hydrogen-bond donors (Lipinski definition) is 1. The molecule has 0 spiro atoms. The maximum Gasteiger partial charge on any atom is 0.274 e. The van der Waals surface area contributed by atoms with Gasteiger partial charge < -0.3 is 10.1 Å². The van der Waals surface area contributed by atoms with Crippen LogP contribution in [0.3, 0.4) is 0 Å². The van der Waals surface area contributed by atoms with Gasteiger partial charge in [0.2, 0.25) is 5.91 Å². The number of rotatable bonds is 4. The Bertz CT molecular complexity index is 653. The van der Waals surface area contributed by atoms with Crippen LogP contribution < -0.4 is 10.1 Å². The normalized spacial score (nSPS) is 10.4. The predicted molar refractivity (Wildman–Crippen MR) is 71.7 cm³/mol. The summed E-state index contributed by atoms with van der Waals surface area (Å²) in [7, 11) is 1.42. The summed E-state index contributed by atoms with van der Waals surface area (Å²) in [6, 6.07) is 2.73. The Morgan fingerprint density at radius 2 is 2.32 bits per heavy atom. The molecular weight excluding hydrogens is 270 g/mol. The summed E-state index contributed by atoms with van der Waals surface area (Å²) >= 11 is 1.17. The fourth-order valence-corrected chi connectivity index (χ4v) is 2.44. The van der Waals surface area contributed by atoms with Gasteiger partial charge in [0.15, 0.2) is 10.9 Å². The summed E-state index contributed by atoms with van der Waals surface area (Å²) in [6.07, 6.45) is 0.340. The van der Waals surface area contributed by atoms with Gasteiger partial charge in [0.25, 0.3) is 5.69 Å². The first-order valence-corrected chi connectivity index (χ1v) is 6.29. The van der Waals surface area contributed by atoms with Gasteiger partial charge in [0.1, 0.15) is 5.52 Å². The lowest BCUT2D eigenvalue weighted by atomic mass is 10.3. The molecule has 0 unspecified atom stereocenters. The number of anilines is 1. The number of amides is 1. The fourth-order valence-electron chi connectivity index (χ4n) is 1.51. The van der Waals surface area contributed by atoms with Gasteiger partial charge in [-0.25, -0.2) is 4.98 Å². The van der Waals surface area contributed by atoms with Crippen molar-refractivity contribution in [2.24, 2.45) is 0 Å². The van der Waals surface area contributed by atoms with E-state index in [1.54, 1.807) is 6.92 Å². The highest BCUT2D eigenvalue weighted by Gasteiger charge is 2.16. The monoisotopic (exact) mass is 281 g/mol. The zero-order valence-electron chi connectivity index (χ0n) is 10.3. The molecule has 1 heterocycles. The van der Waals surface area contributed by atoms with Gasteiger partial charge in [0, 0.05) is 12.5 Å². The van der Waals surface area contributed by atoms with E-state index < -0.39 is 4.92 Å². The smallest absolute Gasteiger partial charge is 0.274 e. The molecule has 7 nitrogen and oxygen atoms in total. The van der Waals surface area contributed by atoms with E-state index in [4.69, 9.17) is 4.74 Å². The van der Waals surface area contributed by atoms with E-state index in [0.717, 1.165) is 0 Å². The van der Waals surface area contributed by atoms with E-state index in [-0.39, 0.29) is 11.6 Å². The number of methoxy groups -OCH3 is 1. The summed E-state index contributed by atoms with van der Waals surface area (Å²) in [5.41, 5.74) is 0.436. The maximum atomic E-state index is 11.3. The summed E-state index contributed by atoms with van der Waals surface area (Å²) < 4.78 is 5.68. The van der Waals surface area contributed by atoms with Crippen molar-refractivity contribution in [3.05, 3.63) is 22.2 Å². The molecule has 8 heteroatoms. The molecule has 0 fully saturated rings. The van der Waals surface area contributed by atoms with Gasteiger partial charge in [-0.1, -0.05) is 18.3 Å². The summed E-state index contributed by atoms with van der Waals surface area (Å²) in [5.74, 6) is 0.157. The SMILES string of the molecule is CCC(=O)Nc1nc2c(OC)cc([N+](=O)[O-])cc2s1. The fraction of sp³-hybridized carbons (Fsp3) is 0.273. The molecule has 1 aromatic heterocycles. The third-order valence-electron chi connectivity index (χ3n) is 2.44. The zero-order valence-corrected chi connectivity index (χ0v) is 11.1. The summed E-state index contributed by atoms with van der Waals surface area (Å²) in [4.78, 5) is 25.8. The quantitative estimate of drug-likeness (QED) is 0.686. The first-order valence-electron chi connectivity index (χ1n) is 5.48. The molecule has 0 aliphatic carbocycles. The largest absolute Gasteiger partial charge is 0.494 e. The maximum absolute atomic E-state index is 11.3. The van der Waals surface area contributed by atoms with E-state index in [2.05, 4.69) is 10.3 Å². The molecule has 1 N–H and O–H groups in total. The second-order valence-corrected chi connectivity index (χ2v) is 4.70. The van der Waals surface area contributed by atoms with Crippen LogP contribution >= 0.6 is 11.3 Å². The van der Waals surface area contributed by atoms with Crippen molar-refractivity contribution in [1.29, 1.82) is 0 Å². The van der Waals surface area contributed by atoms with E-state index in [9.17, 15) is 14.9 Å². The van der Waals surface area contributed by atoms with Gasteiger partial charge >= 0.3 is 0 Å². The van der Waals surface area contributed by atoms with Crippen molar-refractivity contribution in [2.45, 2.75) is 13.3 Å². The van der Waals surface area contributed by atoms with Crippen LogP contribution in [0, 0.1) is 10.1 Å². The highest BCUT2D eigenvalue weighted by atomic mass is 32.1. The Hall–Kier alpha value is -2.22. The predicted octanol–water partition coefficient (Wildman–Crippen LogP) is 2.56. The number of nitro groups is 1. The molecule has 0 aliphatic heterocycles. The van der Waals surface area contributed by atoms with Gasteiger partial charge in [-0.3, -0.25) is 14.9 Å². The average Bonchev–Trinajstić information content (AvgIpc) is 2.79. The number of hydrogen-bond acceptors (Lipinski definition) is 6. The molecule has 2 rings (SSSR count). The Labute approximate surface area is 112 Å². The van der Waals surface area contributed by atoms with Crippen LogP contribution in [0.2, 0.25) is 0 Å². The van der Waals surface area contributed by atoms with Gasteiger partial charge in [0.05, 0.1) is 22.8 Å². The zero-order chi connectivity index (χ0) is 14.0. The molecule has 100 valence electrons. The second-order valence-electron chi connectivity index (χ2n) is 3.67. The minimum atomic E-state index is -0.494. The number of non-ortho nitro benzene ring substituents is 1. The number of carbonyl (C=O) groups is 1. The Kier molecular flexibility index (Phi) is 3.61. The van der Waals surface area contributed by atoms with E-state index in [1.807, 2.05) is 0 Å². The number of nitrogens with one attached hydrogen (secondary N) is 1. The van der Waals surface area contributed by atoms with Crippen LogP contribution in [0.5, 0.6) is 5.75 Å². The van der Waals surface area contributed by atoms with Crippen LogP contribution in [0.4, 0.5) is 10.8 Å². The lowest BCUT2D eigenvalue weighted by molar-refractivity contribution is -0.384. The Morgan fingerprint density at radius 1 is 1.58 bits per heavy atom. The minimum Gasteiger partial charge on any atom is -0.494 e. The molecular formula is C11H11N3O4S. The standard InChI is InChI=1S/C11H11N3O4S/c1-3-9(15)12-11-13-10-7(18-2)4-6(14(16)17)5-8(10)19-11/h4-5H,3H2,1-2H3,(H,12,13,15). The third kappa shape index (κ3) is 2.63. The van der Waals surface area contributed by atoms with Crippen LogP contribution in [-0.4, -0.2) is 22.9 Å². The van der Waals surface area contributed by atoms with Gasteiger partial charge in [-0.2, -0.15) is 0 Å². The van der Waals surface area contributed by atoms with Crippen LogP contribution in [0.25, 0.3) is 10.2 Å². The van der Waals surface area contributed by atoms with Crippen molar-refractivity contribution >= 4 is 38.3 Å². The second kappa shape index (κ2) is 5.19. The minimum absolute atomic E-state index is 0.0682.